The normalized spacial score (nSPS) is 12.9. The van der Waals surface area contributed by atoms with Gasteiger partial charge in [0.2, 0.25) is 10.5 Å². The van der Waals surface area contributed by atoms with Crippen molar-refractivity contribution in [3.63, 3.8) is 0 Å². The van der Waals surface area contributed by atoms with Crippen LogP contribution in [0.2, 0.25) is 0 Å². The zero-order chi connectivity index (χ0) is 15.4. The van der Waals surface area contributed by atoms with Gasteiger partial charge >= 0.3 is 0 Å². The van der Waals surface area contributed by atoms with E-state index in [1.807, 2.05) is 6.07 Å². The lowest BCUT2D eigenvalue weighted by Crippen LogP contribution is -2.11. The lowest BCUT2D eigenvalue weighted by atomic mass is 9.84. The summed E-state index contributed by atoms with van der Waals surface area (Å²) < 4.78 is 5.65. The molecule has 21 heavy (non-hydrogen) atoms. The van der Waals surface area contributed by atoms with E-state index in [1.165, 1.54) is 16.7 Å². The van der Waals surface area contributed by atoms with Gasteiger partial charge in [-0.3, -0.25) is 0 Å². The van der Waals surface area contributed by atoms with Gasteiger partial charge in [0.05, 0.1) is 6.10 Å². The third-order valence-electron chi connectivity index (χ3n) is 3.88. The standard InChI is InChI=1S/C19H23OSi/c1-13(2)16-11-8-12-17(18(16)14(3)4)19(20-21)15-9-6-5-7-10-15/h5-14,19H,1-4H3. The first kappa shape index (κ1) is 16.0. The molecule has 1 nitrogen and oxygen atoms in total. The van der Waals surface area contributed by atoms with E-state index < -0.39 is 0 Å². The summed E-state index contributed by atoms with van der Waals surface area (Å²) in [6.45, 7) is 9.00. The Labute approximate surface area is 131 Å². The first-order valence-corrected chi connectivity index (χ1v) is 7.97. The van der Waals surface area contributed by atoms with Crippen molar-refractivity contribution in [3.8, 4) is 0 Å². The molecule has 0 N–H and O–H groups in total. The van der Waals surface area contributed by atoms with Crippen molar-refractivity contribution in [2.45, 2.75) is 45.6 Å². The fraction of sp³-hybridized carbons (Fsp3) is 0.368. The molecule has 1 atom stereocenters. The van der Waals surface area contributed by atoms with Gasteiger partial charge in [-0.1, -0.05) is 76.2 Å². The predicted molar refractivity (Wildman–Crippen MR) is 89.7 cm³/mol. The molecule has 2 heteroatoms. The number of hydrogen-bond acceptors (Lipinski definition) is 1. The molecular formula is C19H23OSi. The molecule has 0 aliphatic heterocycles. The molecule has 2 aromatic rings. The zero-order valence-corrected chi connectivity index (χ0v) is 14.3. The molecule has 0 fully saturated rings. The van der Waals surface area contributed by atoms with Crippen molar-refractivity contribution in [1.82, 2.24) is 0 Å². The molecule has 2 aromatic carbocycles. The Balaban J connectivity index is 2.59. The lowest BCUT2D eigenvalue weighted by Gasteiger charge is -2.25. The lowest BCUT2D eigenvalue weighted by molar-refractivity contribution is 0.271. The minimum absolute atomic E-state index is 0.0843. The van der Waals surface area contributed by atoms with Crippen molar-refractivity contribution < 1.29 is 4.43 Å². The second-order valence-electron chi connectivity index (χ2n) is 6.07. The Morgan fingerprint density at radius 2 is 1.38 bits per heavy atom. The van der Waals surface area contributed by atoms with E-state index in [0.29, 0.717) is 11.8 Å². The summed E-state index contributed by atoms with van der Waals surface area (Å²) >= 11 is 0. The zero-order valence-electron chi connectivity index (χ0n) is 13.3. The van der Waals surface area contributed by atoms with Crippen LogP contribution in [0.15, 0.2) is 48.5 Å². The summed E-state index contributed by atoms with van der Waals surface area (Å²) in [5.74, 6) is 0.972. The van der Waals surface area contributed by atoms with Crippen molar-refractivity contribution in [2.24, 2.45) is 0 Å². The molecule has 0 heterocycles. The third-order valence-corrected chi connectivity index (χ3v) is 4.11. The molecule has 2 rings (SSSR count). The summed E-state index contributed by atoms with van der Waals surface area (Å²) in [6.07, 6.45) is -0.0843. The van der Waals surface area contributed by atoms with Crippen LogP contribution < -0.4 is 0 Å². The fourth-order valence-corrected chi connectivity index (χ4v) is 3.20. The van der Waals surface area contributed by atoms with Gasteiger partial charge in [-0.25, -0.2) is 0 Å². The molecule has 0 saturated heterocycles. The number of benzene rings is 2. The molecule has 0 aliphatic rings. The summed E-state index contributed by atoms with van der Waals surface area (Å²) in [5, 5.41) is 0. The molecule has 0 spiro atoms. The van der Waals surface area contributed by atoms with Crippen LogP contribution in [0.1, 0.15) is 67.9 Å². The second kappa shape index (κ2) is 7.06. The summed E-state index contributed by atoms with van der Waals surface area (Å²) in [5.41, 5.74) is 5.22. The van der Waals surface area contributed by atoms with Gasteiger partial charge in [0, 0.05) is 0 Å². The topological polar surface area (TPSA) is 9.23 Å². The van der Waals surface area contributed by atoms with Gasteiger partial charge in [-0.15, -0.1) is 0 Å². The van der Waals surface area contributed by atoms with E-state index in [1.54, 1.807) is 0 Å². The summed E-state index contributed by atoms with van der Waals surface area (Å²) in [6, 6.07) is 16.9. The molecule has 3 radical (unpaired) electrons. The van der Waals surface area contributed by atoms with Crippen LogP contribution in [-0.4, -0.2) is 10.5 Å². The van der Waals surface area contributed by atoms with Crippen LogP contribution in [-0.2, 0) is 4.43 Å². The number of hydrogen-bond donors (Lipinski definition) is 0. The Morgan fingerprint density at radius 3 is 1.90 bits per heavy atom. The largest absolute Gasteiger partial charge is 0.408 e. The van der Waals surface area contributed by atoms with Crippen LogP contribution in [0.4, 0.5) is 0 Å². The summed E-state index contributed by atoms with van der Waals surface area (Å²) in [7, 11) is 3.29. The van der Waals surface area contributed by atoms with Crippen molar-refractivity contribution in [1.29, 1.82) is 0 Å². The molecule has 1 unspecified atom stereocenters. The Kier molecular flexibility index (Phi) is 5.37. The molecule has 109 valence electrons. The predicted octanol–water partition coefficient (Wildman–Crippen LogP) is 5.12. The maximum atomic E-state index is 5.65. The van der Waals surface area contributed by atoms with Crippen molar-refractivity contribution in [2.75, 3.05) is 0 Å². The minimum Gasteiger partial charge on any atom is -0.408 e. The smallest absolute Gasteiger partial charge is 0.247 e. The van der Waals surface area contributed by atoms with Crippen LogP contribution >= 0.6 is 0 Å². The highest BCUT2D eigenvalue weighted by Crippen LogP contribution is 2.36. The van der Waals surface area contributed by atoms with E-state index in [9.17, 15) is 0 Å². The second-order valence-corrected chi connectivity index (χ2v) is 6.30. The first-order chi connectivity index (χ1) is 10.1. The minimum atomic E-state index is -0.0843. The highest BCUT2D eigenvalue weighted by molar-refractivity contribution is 5.98. The Morgan fingerprint density at radius 1 is 0.762 bits per heavy atom. The monoisotopic (exact) mass is 295 g/mol. The van der Waals surface area contributed by atoms with Gasteiger partial charge in [-0.05, 0) is 34.1 Å². The van der Waals surface area contributed by atoms with E-state index in [-0.39, 0.29) is 6.10 Å². The Hall–Kier alpha value is -1.38. The fourth-order valence-electron chi connectivity index (χ4n) is 2.94. The highest BCUT2D eigenvalue weighted by Gasteiger charge is 2.21. The third kappa shape index (κ3) is 3.45. The van der Waals surface area contributed by atoms with Crippen LogP contribution in [0.5, 0.6) is 0 Å². The molecule has 0 saturated carbocycles. The van der Waals surface area contributed by atoms with Crippen molar-refractivity contribution in [3.05, 3.63) is 70.8 Å². The average Bonchev–Trinajstić information content (AvgIpc) is 2.48. The molecule has 0 amide bonds. The molecule has 0 aromatic heterocycles. The van der Waals surface area contributed by atoms with Crippen LogP contribution in [0.25, 0.3) is 0 Å². The molecular weight excluding hydrogens is 272 g/mol. The maximum absolute atomic E-state index is 5.65. The van der Waals surface area contributed by atoms with E-state index in [4.69, 9.17) is 4.43 Å². The average molecular weight is 295 g/mol. The van der Waals surface area contributed by atoms with Crippen molar-refractivity contribution >= 4 is 10.5 Å². The van der Waals surface area contributed by atoms with Crippen LogP contribution in [0.3, 0.4) is 0 Å². The van der Waals surface area contributed by atoms with E-state index >= 15 is 0 Å². The van der Waals surface area contributed by atoms with Crippen LogP contribution in [0, 0.1) is 0 Å². The first-order valence-electron chi connectivity index (χ1n) is 7.56. The van der Waals surface area contributed by atoms with Gasteiger partial charge < -0.3 is 4.43 Å². The highest BCUT2D eigenvalue weighted by atomic mass is 28.2. The quantitative estimate of drug-likeness (QED) is 0.695. The molecule has 0 bridgehead atoms. The Bertz CT molecular complexity index is 575. The molecule has 0 aliphatic carbocycles. The summed E-state index contributed by atoms with van der Waals surface area (Å²) in [4.78, 5) is 0. The van der Waals surface area contributed by atoms with Gasteiger partial charge in [0.25, 0.3) is 0 Å². The van der Waals surface area contributed by atoms with E-state index in [0.717, 1.165) is 5.56 Å². The SMILES string of the molecule is CC(C)c1cccc(C(O[Si])c2ccccc2)c1C(C)C. The van der Waals surface area contributed by atoms with Gasteiger partial charge in [0.1, 0.15) is 0 Å². The van der Waals surface area contributed by atoms with Gasteiger partial charge in [0.15, 0.2) is 0 Å². The van der Waals surface area contributed by atoms with E-state index in [2.05, 4.69) is 80.6 Å². The maximum Gasteiger partial charge on any atom is 0.247 e. The number of rotatable bonds is 5. The van der Waals surface area contributed by atoms with Gasteiger partial charge in [-0.2, -0.15) is 0 Å².